The Labute approximate surface area is 192 Å². The van der Waals surface area contributed by atoms with Crippen molar-refractivity contribution in [2.45, 2.75) is 64.1 Å². The van der Waals surface area contributed by atoms with E-state index in [0.29, 0.717) is 35.5 Å². The van der Waals surface area contributed by atoms with Crippen molar-refractivity contribution in [3.63, 3.8) is 0 Å². The van der Waals surface area contributed by atoms with Crippen molar-refractivity contribution >= 4 is 22.6 Å². The van der Waals surface area contributed by atoms with Crippen molar-refractivity contribution in [3.05, 3.63) is 33.9 Å². The summed E-state index contributed by atoms with van der Waals surface area (Å²) in [6, 6.07) is 1.64. The molecule has 2 aliphatic heterocycles. The number of hydrogen-bond acceptors (Lipinski definition) is 5. The quantitative estimate of drug-likeness (QED) is 0.751. The maximum atomic E-state index is 15.7. The van der Waals surface area contributed by atoms with Crippen LogP contribution in [0, 0.1) is 11.7 Å². The molecule has 1 aliphatic carbocycles. The van der Waals surface area contributed by atoms with Crippen LogP contribution in [0.15, 0.2) is 17.1 Å². The predicted octanol–water partition coefficient (Wildman–Crippen LogP) is 3.88. The highest BCUT2D eigenvalue weighted by Gasteiger charge is 2.44. The standard InChI is InChI=1S/C25H32FN3O4/c1-25(2,3)29-9-5-6-14-11-27(13-19(14)29)21-18(26)10-16-20(23(21)33-4)28(15-7-8-15)12-17(22(16)30)24(31)32/h10,12,14-15,19H,5-9,11,13H2,1-4H3,(H,31,32)/t14-,19+/m0/s1. The molecule has 33 heavy (non-hydrogen) atoms. The normalized spacial score (nSPS) is 23.7. The van der Waals surface area contributed by atoms with Crippen molar-refractivity contribution in [2.24, 2.45) is 5.92 Å². The van der Waals surface area contributed by atoms with Gasteiger partial charge in [-0.1, -0.05) is 0 Å². The molecule has 1 aromatic heterocycles. The molecular formula is C25H32FN3O4. The number of nitrogens with zero attached hydrogens (tertiary/aromatic N) is 3. The number of carbonyl (C=O) groups is 1. The highest BCUT2D eigenvalue weighted by Crippen LogP contribution is 2.46. The molecule has 1 aromatic carbocycles. The minimum Gasteiger partial charge on any atom is -0.492 e. The van der Waals surface area contributed by atoms with Crippen LogP contribution in [0.2, 0.25) is 0 Å². The first-order chi connectivity index (χ1) is 15.6. The largest absolute Gasteiger partial charge is 0.492 e. The summed E-state index contributed by atoms with van der Waals surface area (Å²) in [6.07, 6.45) is 5.42. The van der Waals surface area contributed by atoms with Crippen LogP contribution in [0.25, 0.3) is 10.9 Å². The van der Waals surface area contributed by atoms with Crippen molar-refractivity contribution in [3.8, 4) is 5.75 Å². The fraction of sp³-hybridized carbons (Fsp3) is 0.600. The molecule has 1 saturated carbocycles. The van der Waals surface area contributed by atoms with Crippen LogP contribution >= 0.6 is 0 Å². The summed E-state index contributed by atoms with van der Waals surface area (Å²) in [5.41, 5.74) is -0.103. The average molecular weight is 458 g/mol. The Kier molecular flexibility index (Phi) is 5.19. The zero-order chi connectivity index (χ0) is 23.7. The molecule has 5 rings (SSSR count). The molecule has 2 atom stereocenters. The lowest BCUT2D eigenvalue weighted by molar-refractivity contribution is 0.0383. The van der Waals surface area contributed by atoms with Crippen molar-refractivity contribution < 1.29 is 19.0 Å². The zero-order valence-corrected chi connectivity index (χ0v) is 19.7. The number of carboxylic acid groups (broad SMARTS) is 1. The van der Waals surface area contributed by atoms with Gasteiger partial charge in [0.25, 0.3) is 0 Å². The zero-order valence-electron chi connectivity index (χ0n) is 19.7. The van der Waals surface area contributed by atoms with E-state index in [0.717, 1.165) is 38.8 Å². The molecule has 2 aromatic rings. The molecule has 0 spiro atoms. The number of hydrogen-bond donors (Lipinski definition) is 1. The van der Waals surface area contributed by atoms with Crippen LogP contribution in [0.3, 0.4) is 0 Å². The number of fused-ring (bicyclic) bond motifs is 2. The minimum absolute atomic E-state index is 0.0328. The van der Waals surface area contributed by atoms with Crippen LogP contribution in [0.1, 0.15) is 62.9 Å². The van der Waals surface area contributed by atoms with Gasteiger partial charge < -0.3 is 19.3 Å². The number of ether oxygens (including phenoxy) is 1. The first-order valence-corrected chi connectivity index (χ1v) is 11.8. The van der Waals surface area contributed by atoms with Gasteiger partial charge in [-0.3, -0.25) is 9.69 Å². The molecule has 0 bridgehead atoms. The SMILES string of the molecule is COc1c(N2C[C@@H]3CCCN(C(C)(C)C)[C@@H]3C2)c(F)cc2c(=O)c(C(=O)O)cn(C3CC3)c12. The van der Waals surface area contributed by atoms with Crippen molar-refractivity contribution in [1.82, 2.24) is 9.47 Å². The monoisotopic (exact) mass is 457 g/mol. The van der Waals surface area contributed by atoms with Gasteiger partial charge in [-0.05, 0) is 65.0 Å². The van der Waals surface area contributed by atoms with Gasteiger partial charge in [-0.2, -0.15) is 0 Å². The van der Waals surface area contributed by atoms with E-state index in [1.165, 1.54) is 19.4 Å². The summed E-state index contributed by atoms with van der Waals surface area (Å²) in [4.78, 5) is 29.2. The Balaban J connectivity index is 1.66. The summed E-state index contributed by atoms with van der Waals surface area (Å²) >= 11 is 0. The molecule has 1 N–H and O–H groups in total. The predicted molar refractivity (Wildman–Crippen MR) is 125 cm³/mol. The Hall–Kier alpha value is -2.61. The number of carboxylic acids is 1. The number of likely N-dealkylation sites (tertiary alicyclic amines) is 1. The highest BCUT2D eigenvalue weighted by atomic mass is 19.1. The molecular weight excluding hydrogens is 425 g/mol. The van der Waals surface area contributed by atoms with E-state index in [9.17, 15) is 14.7 Å². The topological polar surface area (TPSA) is 75.0 Å². The van der Waals surface area contributed by atoms with Gasteiger partial charge in [0.2, 0.25) is 5.43 Å². The van der Waals surface area contributed by atoms with Gasteiger partial charge in [0, 0.05) is 36.9 Å². The smallest absolute Gasteiger partial charge is 0.341 e. The van der Waals surface area contributed by atoms with Crippen LogP contribution < -0.4 is 15.1 Å². The summed E-state index contributed by atoms with van der Waals surface area (Å²) in [5, 5.41) is 9.60. The van der Waals surface area contributed by atoms with E-state index in [1.807, 2.05) is 4.57 Å². The molecule has 2 saturated heterocycles. The fourth-order valence-corrected chi connectivity index (χ4v) is 5.92. The third-order valence-electron chi connectivity index (χ3n) is 7.53. The fourth-order valence-electron chi connectivity index (χ4n) is 5.92. The number of anilines is 1. The van der Waals surface area contributed by atoms with E-state index < -0.39 is 17.2 Å². The number of rotatable bonds is 4. The second kappa shape index (κ2) is 7.72. The van der Waals surface area contributed by atoms with Crippen LogP contribution in [0.4, 0.5) is 10.1 Å². The minimum atomic E-state index is -1.30. The van der Waals surface area contributed by atoms with E-state index in [2.05, 4.69) is 30.6 Å². The molecule has 3 aliphatic rings. The number of methoxy groups -OCH3 is 1. The van der Waals surface area contributed by atoms with Crippen LogP contribution in [-0.4, -0.2) is 58.9 Å². The van der Waals surface area contributed by atoms with Gasteiger partial charge in [-0.25, -0.2) is 9.18 Å². The summed E-state index contributed by atoms with van der Waals surface area (Å²) < 4.78 is 23.2. The van der Waals surface area contributed by atoms with E-state index in [-0.39, 0.29) is 22.5 Å². The van der Waals surface area contributed by atoms with Crippen molar-refractivity contribution in [1.29, 1.82) is 0 Å². The third kappa shape index (κ3) is 3.59. The molecule has 3 fully saturated rings. The van der Waals surface area contributed by atoms with Crippen molar-refractivity contribution in [2.75, 3.05) is 31.6 Å². The number of aromatic carboxylic acids is 1. The lowest BCUT2D eigenvalue weighted by Crippen LogP contribution is -2.54. The van der Waals surface area contributed by atoms with Gasteiger partial charge in [0.1, 0.15) is 11.3 Å². The third-order valence-corrected chi connectivity index (χ3v) is 7.53. The molecule has 7 nitrogen and oxygen atoms in total. The Morgan fingerprint density at radius 2 is 1.94 bits per heavy atom. The molecule has 0 amide bonds. The van der Waals surface area contributed by atoms with E-state index >= 15 is 4.39 Å². The Morgan fingerprint density at radius 1 is 1.21 bits per heavy atom. The van der Waals surface area contributed by atoms with Gasteiger partial charge in [-0.15, -0.1) is 0 Å². The maximum Gasteiger partial charge on any atom is 0.341 e. The second-order valence-corrected chi connectivity index (χ2v) is 10.7. The summed E-state index contributed by atoms with van der Waals surface area (Å²) in [5.74, 6) is -1.07. The number of halogens is 1. The lowest BCUT2D eigenvalue weighted by Gasteiger charge is -2.45. The molecule has 3 heterocycles. The number of benzene rings is 1. The second-order valence-electron chi connectivity index (χ2n) is 10.7. The lowest BCUT2D eigenvalue weighted by atomic mass is 9.88. The van der Waals surface area contributed by atoms with Crippen LogP contribution in [0.5, 0.6) is 5.75 Å². The number of pyridine rings is 1. The molecule has 178 valence electrons. The van der Waals surface area contributed by atoms with Crippen LogP contribution in [-0.2, 0) is 0 Å². The summed E-state index contributed by atoms with van der Waals surface area (Å²) in [6.45, 7) is 9.14. The van der Waals surface area contributed by atoms with E-state index in [4.69, 9.17) is 4.74 Å². The number of piperidine rings is 1. The maximum absolute atomic E-state index is 15.7. The summed E-state index contributed by atoms with van der Waals surface area (Å²) in [7, 11) is 1.50. The molecule has 8 heteroatoms. The first kappa shape index (κ1) is 22.2. The van der Waals surface area contributed by atoms with Gasteiger partial charge >= 0.3 is 5.97 Å². The Bertz CT molecular complexity index is 1180. The molecule has 0 radical (unpaired) electrons. The average Bonchev–Trinajstić information content (AvgIpc) is 3.50. The first-order valence-electron chi connectivity index (χ1n) is 11.8. The Morgan fingerprint density at radius 3 is 2.55 bits per heavy atom. The molecule has 0 unspecified atom stereocenters. The van der Waals surface area contributed by atoms with Gasteiger partial charge in [0.05, 0.1) is 18.0 Å². The van der Waals surface area contributed by atoms with E-state index in [1.54, 1.807) is 0 Å². The highest BCUT2D eigenvalue weighted by molar-refractivity contribution is 5.97. The van der Waals surface area contributed by atoms with Gasteiger partial charge in [0.15, 0.2) is 11.6 Å². The number of aromatic nitrogens is 1.